The number of aliphatic imine (C=N–C) groups is 1. The maximum absolute atomic E-state index is 12.8. The largest absolute Gasteiger partial charge is 0.381 e. The van der Waals surface area contributed by atoms with Gasteiger partial charge in [0.15, 0.2) is 0 Å². The first-order valence-corrected chi connectivity index (χ1v) is 10.5. The fraction of sp³-hybridized carbons (Fsp3) is 0.375. The van der Waals surface area contributed by atoms with Crippen molar-refractivity contribution in [3.05, 3.63) is 65.5 Å². The summed E-state index contributed by atoms with van der Waals surface area (Å²) >= 11 is 0. The number of carbonyl (C=O) groups is 1. The van der Waals surface area contributed by atoms with Crippen LogP contribution in [0, 0.1) is 0 Å². The molecule has 0 atom stereocenters. The quantitative estimate of drug-likeness (QED) is 0.828. The Balaban J connectivity index is 1.46. The average molecular weight is 405 g/mol. The Morgan fingerprint density at radius 1 is 1.20 bits per heavy atom. The summed E-state index contributed by atoms with van der Waals surface area (Å²) in [5.74, 6) is -0.101. The number of carbonyl (C=O) groups excluding carboxylic acids is 1. The number of benzene rings is 1. The van der Waals surface area contributed by atoms with Gasteiger partial charge in [-0.05, 0) is 50.3 Å². The maximum atomic E-state index is 12.8. The number of allylic oxidation sites excluding steroid dienone is 2. The van der Waals surface area contributed by atoms with Crippen molar-refractivity contribution in [2.24, 2.45) is 12.0 Å². The number of aryl methyl sites for hydroxylation is 1. The fourth-order valence-corrected chi connectivity index (χ4v) is 3.83. The Morgan fingerprint density at radius 2 is 1.97 bits per heavy atom. The highest BCUT2D eigenvalue weighted by Gasteiger charge is 2.19. The minimum Gasteiger partial charge on any atom is -0.381 e. The third-order valence-electron chi connectivity index (χ3n) is 5.45. The van der Waals surface area contributed by atoms with Gasteiger partial charge in [-0.2, -0.15) is 5.10 Å². The molecule has 30 heavy (non-hydrogen) atoms. The van der Waals surface area contributed by atoms with Gasteiger partial charge in [-0.25, -0.2) is 0 Å². The number of rotatable bonds is 5. The van der Waals surface area contributed by atoms with Crippen LogP contribution in [0.15, 0.2) is 64.9 Å². The van der Waals surface area contributed by atoms with Crippen LogP contribution in [0.4, 0.5) is 0 Å². The first-order chi connectivity index (χ1) is 14.6. The lowest BCUT2D eigenvalue weighted by molar-refractivity contribution is -0.115. The molecule has 2 aliphatic rings. The summed E-state index contributed by atoms with van der Waals surface area (Å²) in [5, 5.41) is 7.57. The SMILES string of the molecule is CC1=CN=C(C(=O)NC2CCOCC2)C=C(Cc2ccc(-c3ccn(C)n3)cc2)C1. The summed E-state index contributed by atoms with van der Waals surface area (Å²) in [6, 6.07) is 10.6. The van der Waals surface area contributed by atoms with Crippen LogP contribution < -0.4 is 5.32 Å². The summed E-state index contributed by atoms with van der Waals surface area (Å²) < 4.78 is 7.18. The van der Waals surface area contributed by atoms with Gasteiger partial charge >= 0.3 is 0 Å². The summed E-state index contributed by atoms with van der Waals surface area (Å²) in [7, 11) is 1.92. The third kappa shape index (κ3) is 5.13. The van der Waals surface area contributed by atoms with Gasteiger partial charge in [0.1, 0.15) is 5.71 Å². The standard InChI is InChI=1S/C24H28N4O2/c1-17-13-19(14-18-3-5-20(6-4-18)22-7-10-28(2)27-22)15-23(25-16-17)24(29)26-21-8-11-30-12-9-21/h3-7,10,15-16,21H,8-9,11-14H2,1-2H3,(H,26,29). The van der Waals surface area contributed by atoms with Gasteiger partial charge in [0.2, 0.25) is 0 Å². The smallest absolute Gasteiger partial charge is 0.270 e. The Bertz CT molecular complexity index is 992. The number of nitrogens with zero attached hydrogens (tertiary/aromatic N) is 3. The molecule has 2 aromatic rings. The van der Waals surface area contributed by atoms with Gasteiger partial charge in [0.05, 0.1) is 5.69 Å². The second kappa shape index (κ2) is 9.22. The Morgan fingerprint density at radius 3 is 2.67 bits per heavy atom. The lowest BCUT2D eigenvalue weighted by Crippen LogP contribution is -2.41. The summed E-state index contributed by atoms with van der Waals surface area (Å²) in [4.78, 5) is 17.2. The lowest BCUT2D eigenvalue weighted by atomic mass is 9.97. The molecule has 0 bridgehead atoms. The molecular weight excluding hydrogens is 376 g/mol. The molecule has 1 aromatic heterocycles. The van der Waals surface area contributed by atoms with E-state index in [1.165, 1.54) is 11.1 Å². The van der Waals surface area contributed by atoms with Crippen molar-refractivity contribution in [2.75, 3.05) is 13.2 Å². The van der Waals surface area contributed by atoms with Gasteiger partial charge in [0, 0.05) is 44.3 Å². The zero-order valence-electron chi connectivity index (χ0n) is 17.6. The molecule has 1 fully saturated rings. The predicted molar refractivity (Wildman–Crippen MR) is 118 cm³/mol. The van der Waals surface area contributed by atoms with E-state index >= 15 is 0 Å². The van der Waals surface area contributed by atoms with E-state index in [4.69, 9.17) is 4.74 Å². The van der Waals surface area contributed by atoms with Gasteiger partial charge < -0.3 is 10.1 Å². The molecule has 2 aliphatic heterocycles. The number of hydrogen-bond acceptors (Lipinski definition) is 4. The number of nitrogens with one attached hydrogen (secondary N) is 1. The molecule has 156 valence electrons. The third-order valence-corrected chi connectivity index (χ3v) is 5.45. The van der Waals surface area contributed by atoms with Crippen LogP contribution in [0.25, 0.3) is 11.3 Å². The van der Waals surface area contributed by atoms with Crippen molar-refractivity contribution in [2.45, 2.75) is 38.6 Å². The molecule has 1 saturated heterocycles. The number of aromatic nitrogens is 2. The van der Waals surface area contributed by atoms with Gasteiger partial charge in [-0.15, -0.1) is 0 Å². The van der Waals surface area contributed by atoms with E-state index in [-0.39, 0.29) is 11.9 Å². The minimum absolute atomic E-state index is 0.101. The second-order valence-electron chi connectivity index (χ2n) is 8.08. The highest BCUT2D eigenvalue weighted by atomic mass is 16.5. The fourth-order valence-electron chi connectivity index (χ4n) is 3.83. The van der Waals surface area contributed by atoms with Crippen LogP contribution >= 0.6 is 0 Å². The van der Waals surface area contributed by atoms with Gasteiger partial charge in [0.25, 0.3) is 5.91 Å². The van der Waals surface area contributed by atoms with Crippen molar-refractivity contribution < 1.29 is 9.53 Å². The number of amides is 1. The molecule has 1 amide bonds. The monoisotopic (exact) mass is 404 g/mol. The maximum Gasteiger partial charge on any atom is 0.270 e. The Hall–Kier alpha value is -2.99. The molecule has 0 saturated carbocycles. The molecule has 0 aliphatic carbocycles. The van der Waals surface area contributed by atoms with Crippen LogP contribution in [0.1, 0.15) is 31.7 Å². The first-order valence-electron chi connectivity index (χ1n) is 10.5. The number of ether oxygens (including phenoxy) is 1. The molecule has 3 heterocycles. The highest BCUT2D eigenvalue weighted by molar-refractivity contribution is 6.43. The van der Waals surface area contributed by atoms with E-state index in [1.807, 2.05) is 31.6 Å². The van der Waals surface area contributed by atoms with E-state index in [0.717, 1.165) is 42.5 Å². The second-order valence-corrected chi connectivity index (χ2v) is 8.08. The zero-order valence-corrected chi connectivity index (χ0v) is 17.6. The van der Waals surface area contributed by atoms with Crippen LogP contribution in [0.2, 0.25) is 0 Å². The van der Waals surface area contributed by atoms with Crippen LogP contribution in [0.5, 0.6) is 0 Å². The number of hydrogen-bond donors (Lipinski definition) is 1. The molecule has 0 spiro atoms. The van der Waals surface area contributed by atoms with Crippen LogP contribution in [-0.4, -0.2) is 40.7 Å². The van der Waals surface area contributed by atoms with Gasteiger partial charge in [-0.3, -0.25) is 14.5 Å². The Labute approximate surface area is 177 Å². The predicted octanol–water partition coefficient (Wildman–Crippen LogP) is 3.60. The summed E-state index contributed by atoms with van der Waals surface area (Å²) in [5.41, 5.74) is 6.10. The molecule has 4 rings (SSSR count). The molecule has 6 heteroatoms. The topological polar surface area (TPSA) is 68.5 Å². The summed E-state index contributed by atoms with van der Waals surface area (Å²) in [6.45, 7) is 3.46. The van der Waals surface area contributed by atoms with E-state index in [2.05, 4.69) is 46.6 Å². The normalized spacial score (nSPS) is 17.6. The molecular formula is C24H28N4O2. The zero-order chi connectivity index (χ0) is 20.9. The van der Waals surface area contributed by atoms with E-state index in [0.29, 0.717) is 18.9 Å². The summed E-state index contributed by atoms with van der Waals surface area (Å²) in [6.07, 6.45) is 9.03. The lowest BCUT2D eigenvalue weighted by Gasteiger charge is -2.23. The van der Waals surface area contributed by atoms with Crippen LogP contribution in [0.3, 0.4) is 0 Å². The van der Waals surface area contributed by atoms with Crippen molar-refractivity contribution in [3.63, 3.8) is 0 Å². The van der Waals surface area contributed by atoms with E-state index in [9.17, 15) is 4.79 Å². The van der Waals surface area contributed by atoms with Crippen molar-refractivity contribution in [1.82, 2.24) is 15.1 Å². The first kappa shape index (κ1) is 20.3. The Kier molecular flexibility index (Phi) is 6.23. The molecule has 1 N–H and O–H groups in total. The molecule has 0 radical (unpaired) electrons. The van der Waals surface area contributed by atoms with E-state index in [1.54, 1.807) is 4.68 Å². The highest BCUT2D eigenvalue weighted by Crippen LogP contribution is 2.22. The molecule has 0 unspecified atom stereocenters. The molecule has 1 aromatic carbocycles. The average Bonchev–Trinajstić information content (AvgIpc) is 3.09. The van der Waals surface area contributed by atoms with Crippen molar-refractivity contribution >= 4 is 11.6 Å². The van der Waals surface area contributed by atoms with Crippen molar-refractivity contribution in [1.29, 1.82) is 0 Å². The van der Waals surface area contributed by atoms with Crippen molar-refractivity contribution in [3.8, 4) is 11.3 Å². The molecule has 6 nitrogen and oxygen atoms in total. The van der Waals surface area contributed by atoms with Crippen LogP contribution in [-0.2, 0) is 23.0 Å². The van der Waals surface area contributed by atoms with Gasteiger partial charge in [-0.1, -0.05) is 35.4 Å². The van der Waals surface area contributed by atoms with E-state index < -0.39 is 0 Å². The minimum atomic E-state index is -0.101.